The van der Waals surface area contributed by atoms with E-state index in [9.17, 15) is 18.0 Å². The van der Waals surface area contributed by atoms with E-state index in [0.29, 0.717) is 0 Å². The van der Waals surface area contributed by atoms with Crippen LogP contribution in [0.25, 0.3) is 0 Å². The maximum Gasteiger partial charge on any atom is 0.574 e. The van der Waals surface area contributed by atoms with E-state index >= 15 is 0 Å². The molecule has 100 valence electrons. The van der Waals surface area contributed by atoms with Crippen molar-refractivity contribution in [2.45, 2.75) is 12.9 Å². The second kappa shape index (κ2) is 5.69. The fourth-order valence-corrected chi connectivity index (χ4v) is 1.80. The van der Waals surface area contributed by atoms with E-state index in [0.717, 1.165) is 7.11 Å². The minimum absolute atomic E-state index is 0.142. The van der Waals surface area contributed by atoms with Crippen molar-refractivity contribution in [3.63, 3.8) is 0 Å². The summed E-state index contributed by atoms with van der Waals surface area (Å²) >= 11 is 1.69. The number of carbonyl (C=O) groups is 1. The van der Waals surface area contributed by atoms with Gasteiger partial charge in [0.2, 0.25) is 5.88 Å². The van der Waals surface area contributed by atoms with E-state index < -0.39 is 23.8 Å². The van der Waals surface area contributed by atoms with Crippen LogP contribution in [0.5, 0.6) is 5.88 Å². The van der Waals surface area contributed by atoms with Gasteiger partial charge in [-0.15, -0.1) is 13.2 Å². The Morgan fingerprint density at radius 3 is 2.61 bits per heavy atom. The third-order valence-electron chi connectivity index (χ3n) is 1.86. The van der Waals surface area contributed by atoms with Gasteiger partial charge in [-0.2, -0.15) is 0 Å². The average Bonchev–Trinajstić information content (AvgIpc) is 2.25. The molecule has 0 fully saturated rings. The summed E-state index contributed by atoms with van der Waals surface area (Å²) in [7, 11) is 1.04. The van der Waals surface area contributed by atoms with E-state index in [1.807, 2.05) is 0 Å². The van der Waals surface area contributed by atoms with Crippen LogP contribution in [0.3, 0.4) is 0 Å². The van der Waals surface area contributed by atoms with Crippen LogP contribution in [0.2, 0.25) is 0 Å². The lowest BCUT2D eigenvalue weighted by Gasteiger charge is -2.14. The maximum atomic E-state index is 12.2. The van der Waals surface area contributed by atoms with Crippen molar-refractivity contribution in [2.24, 2.45) is 5.73 Å². The highest BCUT2D eigenvalue weighted by Gasteiger charge is 2.35. The quantitative estimate of drug-likeness (QED) is 0.495. The zero-order valence-electron chi connectivity index (χ0n) is 9.05. The number of nitrogens with two attached hydrogens (primary N) is 1. The molecule has 0 saturated heterocycles. The van der Waals surface area contributed by atoms with Gasteiger partial charge in [-0.25, -0.2) is 9.78 Å². The lowest BCUT2D eigenvalue weighted by molar-refractivity contribution is -0.276. The summed E-state index contributed by atoms with van der Waals surface area (Å²) in [5.41, 5.74) is 5.12. The van der Waals surface area contributed by atoms with E-state index in [-0.39, 0.29) is 15.8 Å². The van der Waals surface area contributed by atoms with Gasteiger partial charge >= 0.3 is 12.3 Å². The smallest absolute Gasteiger partial charge is 0.465 e. The van der Waals surface area contributed by atoms with Gasteiger partial charge in [0.1, 0.15) is 9.26 Å². The Balaban J connectivity index is 3.37. The molecule has 5 nitrogen and oxygen atoms in total. The Morgan fingerprint density at radius 2 is 2.17 bits per heavy atom. The monoisotopic (exact) mass is 376 g/mol. The number of hydrogen-bond acceptors (Lipinski definition) is 5. The first-order valence-electron chi connectivity index (χ1n) is 4.52. The van der Waals surface area contributed by atoms with Gasteiger partial charge in [0.25, 0.3) is 0 Å². The molecule has 0 amide bonds. The average molecular weight is 376 g/mol. The van der Waals surface area contributed by atoms with Crippen LogP contribution in [0.4, 0.5) is 13.2 Å². The second-order valence-electron chi connectivity index (χ2n) is 3.03. The van der Waals surface area contributed by atoms with E-state index in [2.05, 4.69) is 14.5 Å². The molecule has 1 heterocycles. The lowest BCUT2D eigenvalue weighted by Crippen LogP contribution is -2.22. The molecule has 0 radical (unpaired) electrons. The second-order valence-corrected chi connectivity index (χ2v) is 4.13. The van der Waals surface area contributed by atoms with Crippen LogP contribution < -0.4 is 10.5 Å². The normalized spacial score (nSPS) is 11.2. The number of esters is 1. The summed E-state index contributed by atoms with van der Waals surface area (Å²) < 4.78 is 44.9. The highest BCUT2D eigenvalue weighted by Crippen LogP contribution is 2.28. The molecule has 18 heavy (non-hydrogen) atoms. The van der Waals surface area contributed by atoms with Crippen LogP contribution in [0, 0.1) is 3.70 Å². The fraction of sp³-hybridized carbons (Fsp3) is 0.333. The van der Waals surface area contributed by atoms with Gasteiger partial charge in [-0.05, 0) is 34.2 Å². The molecule has 1 aromatic rings. The molecule has 0 atom stereocenters. The number of halogens is 4. The first kappa shape index (κ1) is 15.0. The number of ether oxygens (including phenoxy) is 2. The zero-order valence-corrected chi connectivity index (χ0v) is 11.2. The Labute approximate surface area is 114 Å². The molecule has 0 aliphatic rings. The van der Waals surface area contributed by atoms with E-state index in [1.165, 1.54) is 6.07 Å². The van der Waals surface area contributed by atoms with Gasteiger partial charge in [-0.3, -0.25) is 0 Å². The van der Waals surface area contributed by atoms with Gasteiger partial charge in [0, 0.05) is 6.54 Å². The predicted molar refractivity (Wildman–Crippen MR) is 62.9 cm³/mol. The van der Waals surface area contributed by atoms with Gasteiger partial charge in [0.05, 0.1) is 7.11 Å². The molecule has 1 rings (SSSR count). The maximum absolute atomic E-state index is 12.2. The lowest BCUT2D eigenvalue weighted by atomic mass is 10.1. The minimum Gasteiger partial charge on any atom is -0.465 e. The molecule has 0 unspecified atom stereocenters. The summed E-state index contributed by atoms with van der Waals surface area (Å²) in [6.07, 6.45) is -4.95. The number of pyridine rings is 1. The standard InChI is InChI=1S/C9H8F3IN2O3/c1-17-8(16)6-4(3-14)2-5(13)15-7(6)18-9(10,11)12/h2H,3,14H2,1H3. The SMILES string of the molecule is COC(=O)c1c(CN)cc(I)nc1OC(F)(F)F. The zero-order chi connectivity index (χ0) is 13.9. The number of nitrogens with zero attached hydrogens (tertiary/aromatic N) is 1. The third kappa shape index (κ3) is 3.70. The van der Waals surface area contributed by atoms with Crippen molar-refractivity contribution in [3.05, 3.63) is 20.9 Å². The summed E-state index contributed by atoms with van der Waals surface area (Å²) in [6.45, 7) is -0.142. The van der Waals surface area contributed by atoms with Crippen molar-refractivity contribution < 1.29 is 27.4 Å². The number of aromatic nitrogens is 1. The van der Waals surface area contributed by atoms with Crippen LogP contribution >= 0.6 is 22.6 Å². The topological polar surface area (TPSA) is 74.4 Å². The van der Waals surface area contributed by atoms with Crippen molar-refractivity contribution in [1.29, 1.82) is 0 Å². The van der Waals surface area contributed by atoms with Crippen molar-refractivity contribution in [2.75, 3.05) is 7.11 Å². The molecule has 0 bridgehead atoms. The molecule has 0 aromatic carbocycles. The van der Waals surface area contributed by atoms with Crippen molar-refractivity contribution in [1.82, 2.24) is 4.98 Å². The van der Waals surface area contributed by atoms with Crippen molar-refractivity contribution in [3.8, 4) is 5.88 Å². The minimum atomic E-state index is -4.95. The largest absolute Gasteiger partial charge is 0.574 e. The summed E-state index contributed by atoms with van der Waals surface area (Å²) in [4.78, 5) is 15.0. The van der Waals surface area contributed by atoms with Gasteiger partial charge < -0.3 is 15.2 Å². The molecule has 0 saturated carbocycles. The van der Waals surface area contributed by atoms with Crippen LogP contribution in [0.15, 0.2) is 6.07 Å². The van der Waals surface area contributed by atoms with Crippen molar-refractivity contribution >= 4 is 28.6 Å². The Kier molecular flexibility index (Phi) is 4.73. The number of methoxy groups -OCH3 is 1. The van der Waals surface area contributed by atoms with Gasteiger partial charge in [0.15, 0.2) is 0 Å². The Bertz CT molecular complexity index is 465. The Hall–Kier alpha value is -1.10. The molecule has 0 aliphatic heterocycles. The Morgan fingerprint density at radius 1 is 1.56 bits per heavy atom. The third-order valence-corrected chi connectivity index (χ3v) is 2.41. The number of carbonyl (C=O) groups excluding carboxylic acids is 1. The summed E-state index contributed by atoms with van der Waals surface area (Å²) in [6, 6.07) is 1.38. The summed E-state index contributed by atoms with van der Waals surface area (Å²) in [5.74, 6) is -1.85. The fourth-order valence-electron chi connectivity index (χ4n) is 1.20. The number of alkyl halides is 3. The number of hydrogen-bond donors (Lipinski definition) is 1. The first-order valence-corrected chi connectivity index (χ1v) is 5.60. The predicted octanol–water partition coefficient (Wildman–Crippen LogP) is 1.83. The van der Waals surface area contributed by atoms with E-state index in [4.69, 9.17) is 5.73 Å². The molecular formula is C9H8F3IN2O3. The van der Waals surface area contributed by atoms with Crippen LogP contribution in [-0.2, 0) is 11.3 Å². The molecular weight excluding hydrogens is 368 g/mol. The molecule has 9 heteroatoms. The molecule has 0 aliphatic carbocycles. The molecule has 0 spiro atoms. The highest BCUT2D eigenvalue weighted by atomic mass is 127. The van der Waals surface area contributed by atoms with Gasteiger partial charge in [-0.1, -0.05) is 0 Å². The molecule has 1 aromatic heterocycles. The highest BCUT2D eigenvalue weighted by molar-refractivity contribution is 14.1. The van der Waals surface area contributed by atoms with E-state index in [1.54, 1.807) is 22.6 Å². The first-order chi connectivity index (χ1) is 8.28. The number of rotatable bonds is 3. The van der Waals surface area contributed by atoms with Crippen LogP contribution in [-0.4, -0.2) is 24.4 Å². The summed E-state index contributed by atoms with van der Waals surface area (Å²) in [5, 5.41) is 0. The van der Waals surface area contributed by atoms with Crippen LogP contribution in [0.1, 0.15) is 15.9 Å². The molecule has 2 N–H and O–H groups in total.